The van der Waals surface area contributed by atoms with Crippen molar-refractivity contribution < 1.29 is 17.7 Å². The van der Waals surface area contributed by atoms with Crippen molar-refractivity contribution in [2.45, 2.75) is 4.90 Å². The van der Waals surface area contributed by atoms with Crippen LogP contribution in [0.5, 0.6) is 0 Å². The van der Waals surface area contributed by atoms with E-state index in [-0.39, 0.29) is 21.7 Å². The number of rotatable bonds is 4. The summed E-state index contributed by atoms with van der Waals surface area (Å²) < 4.78 is 40.1. The standard InChI is InChI=1S/C14H10FN3O4S/c15-9-1-3-10(4-2-9)17-23(21,22)14-8-16-13-6-5-11(18(19)20)7-12(13)14/h1-8,16-17H. The summed E-state index contributed by atoms with van der Waals surface area (Å²) in [7, 11) is -3.98. The zero-order valence-electron chi connectivity index (χ0n) is 11.5. The number of benzene rings is 2. The van der Waals surface area contributed by atoms with Crippen molar-refractivity contribution in [2.75, 3.05) is 4.72 Å². The van der Waals surface area contributed by atoms with E-state index < -0.39 is 20.8 Å². The molecule has 118 valence electrons. The molecule has 0 aliphatic rings. The van der Waals surface area contributed by atoms with Crippen molar-refractivity contribution in [2.24, 2.45) is 0 Å². The van der Waals surface area contributed by atoms with Crippen molar-refractivity contribution >= 4 is 32.3 Å². The molecule has 0 fully saturated rings. The molecule has 3 rings (SSSR count). The third kappa shape index (κ3) is 2.86. The van der Waals surface area contributed by atoms with Crippen molar-refractivity contribution in [1.82, 2.24) is 4.98 Å². The van der Waals surface area contributed by atoms with E-state index in [1.807, 2.05) is 0 Å². The Bertz CT molecular complexity index is 997. The largest absolute Gasteiger partial charge is 0.360 e. The van der Waals surface area contributed by atoms with Crippen LogP contribution in [0.25, 0.3) is 10.9 Å². The van der Waals surface area contributed by atoms with Gasteiger partial charge in [-0.1, -0.05) is 0 Å². The highest BCUT2D eigenvalue weighted by molar-refractivity contribution is 7.93. The smallest absolute Gasteiger partial charge is 0.270 e. The maximum Gasteiger partial charge on any atom is 0.270 e. The van der Waals surface area contributed by atoms with Crippen LogP contribution in [0.1, 0.15) is 0 Å². The lowest BCUT2D eigenvalue weighted by Gasteiger charge is -2.07. The topological polar surface area (TPSA) is 105 Å². The van der Waals surface area contributed by atoms with Crippen LogP contribution in [0.4, 0.5) is 15.8 Å². The molecule has 0 aliphatic carbocycles. The molecular weight excluding hydrogens is 325 g/mol. The van der Waals surface area contributed by atoms with Crippen molar-refractivity contribution in [3.63, 3.8) is 0 Å². The summed E-state index contributed by atoms with van der Waals surface area (Å²) in [6.07, 6.45) is 1.25. The number of halogens is 1. The second-order valence-electron chi connectivity index (χ2n) is 4.75. The molecule has 1 heterocycles. The number of fused-ring (bicyclic) bond motifs is 1. The fourth-order valence-corrected chi connectivity index (χ4v) is 3.38. The molecule has 0 amide bonds. The lowest BCUT2D eigenvalue weighted by atomic mass is 10.2. The number of anilines is 1. The van der Waals surface area contributed by atoms with Gasteiger partial charge in [0.25, 0.3) is 15.7 Å². The molecule has 0 atom stereocenters. The van der Waals surface area contributed by atoms with E-state index in [4.69, 9.17) is 0 Å². The molecular formula is C14H10FN3O4S. The van der Waals surface area contributed by atoms with E-state index in [1.165, 1.54) is 36.5 Å². The Balaban J connectivity index is 2.05. The van der Waals surface area contributed by atoms with E-state index in [0.29, 0.717) is 5.52 Å². The van der Waals surface area contributed by atoms with Crippen LogP contribution in [-0.2, 0) is 10.0 Å². The summed E-state index contributed by atoms with van der Waals surface area (Å²) in [5, 5.41) is 11.0. The molecule has 0 saturated carbocycles. The van der Waals surface area contributed by atoms with E-state index in [9.17, 15) is 22.9 Å². The van der Waals surface area contributed by atoms with E-state index >= 15 is 0 Å². The average molecular weight is 335 g/mol. The molecule has 9 heteroatoms. The van der Waals surface area contributed by atoms with Crippen LogP contribution >= 0.6 is 0 Å². The summed E-state index contributed by atoms with van der Waals surface area (Å²) in [5.74, 6) is -0.490. The molecule has 23 heavy (non-hydrogen) atoms. The highest BCUT2D eigenvalue weighted by Gasteiger charge is 2.21. The van der Waals surface area contributed by atoms with Crippen LogP contribution in [0, 0.1) is 15.9 Å². The van der Waals surface area contributed by atoms with Gasteiger partial charge >= 0.3 is 0 Å². The Morgan fingerprint density at radius 3 is 2.48 bits per heavy atom. The Morgan fingerprint density at radius 1 is 1.13 bits per heavy atom. The molecule has 7 nitrogen and oxygen atoms in total. The van der Waals surface area contributed by atoms with Crippen molar-refractivity contribution in [3.05, 3.63) is 64.6 Å². The van der Waals surface area contributed by atoms with Gasteiger partial charge in [0.1, 0.15) is 10.7 Å². The van der Waals surface area contributed by atoms with Crippen LogP contribution in [-0.4, -0.2) is 18.3 Å². The van der Waals surface area contributed by atoms with Gasteiger partial charge in [0.15, 0.2) is 0 Å². The van der Waals surface area contributed by atoms with Gasteiger partial charge in [0.2, 0.25) is 0 Å². The quantitative estimate of drug-likeness (QED) is 0.564. The lowest BCUT2D eigenvalue weighted by molar-refractivity contribution is -0.384. The van der Waals surface area contributed by atoms with Gasteiger partial charge in [0.05, 0.1) is 4.92 Å². The minimum absolute atomic E-state index is 0.125. The van der Waals surface area contributed by atoms with Gasteiger partial charge in [-0.2, -0.15) is 0 Å². The number of sulfonamides is 1. The first-order valence-corrected chi connectivity index (χ1v) is 7.89. The number of hydrogen-bond acceptors (Lipinski definition) is 4. The first-order valence-electron chi connectivity index (χ1n) is 6.41. The number of aromatic amines is 1. The number of hydrogen-bond donors (Lipinski definition) is 2. The summed E-state index contributed by atoms with van der Waals surface area (Å²) in [5.41, 5.74) is 0.427. The van der Waals surface area contributed by atoms with Gasteiger partial charge in [-0.15, -0.1) is 0 Å². The molecule has 1 aromatic heterocycles. The zero-order chi connectivity index (χ0) is 16.6. The maximum atomic E-state index is 12.9. The normalized spacial score (nSPS) is 11.5. The van der Waals surface area contributed by atoms with Gasteiger partial charge in [-0.25, -0.2) is 12.8 Å². The fraction of sp³-hybridized carbons (Fsp3) is 0. The molecule has 0 aliphatic heterocycles. The predicted octanol–water partition coefficient (Wildman–Crippen LogP) is 3.02. The third-order valence-electron chi connectivity index (χ3n) is 3.22. The summed E-state index contributed by atoms with van der Waals surface area (Å²) in [6.45, 7) is 0. The molecule has 0 radical (unpaired) electrons. The first kappa shape index (κ1) is 15.0. The number of H-pyrrole nitrogens is 1. The highest BCUT2D eigenvalue weighted by Crippen LogP contribution is 2.28. The SMILES string of the molecule is O=[N+]([O-])c1ccc2[nH]cc(S(=O)(=O)Nc3ccc(F)cc3)c2c1. The summed E-state index contributed by atoms with van der Waals surface area (Å²) in [4.78, 5) is 12.9. The number of aromatic nitrogens is 1. The van der Waals surface area contributed by atoms with Crippen LogP contribution in [0.2, 0.25) is 0 Å². The monoisotopic (exact) mass is 335 g/mol. The highest BCUT2D eigenvalue weighted by atomic mass is 32.2. The molecule has 2 N–H and O–H groups in total. The lowest BCUT2D eigenvalue weighted by Crippen LogP contribution is -2.12. The molecule has 2 aromatic carbocycles. The van der Waals surface area contributed by atoms with Crippen LogP contribution < -0.4 is 4.72 Å². The predicted molar refractivity (Wildman–Crippen MR) is 82.2 cm³/mol. The number of nitro benzene ring substituents is 1. The molecule has 0 bridgehead atoms. The second-order valence-corrected chi connectivity index (χ2v) is 6.40. The Hall–Kier alpha value is -2.94. The Labute approximate surface area is 130 Å². The third-order valence-corrected chi connectivity index (χ3v) is 4.65. The minimum atomic E-state index is -3.98. The zero-order valence-corrected chi connectivity index (χ0v) is 12.3. The molecule has 0 spiro atoms. The number of nitro groups is 1. The van der Waals surface area contributed by atoms with Gasteiger partial charge in [-0.05, 0) is 30.3 Å². The van der Waals surface area contributed by atoms with Crippen LogP contribution in [0.15, 0.2) is 53.6 Å². The Morgan fingerprint density at radius 2 is 1.83 bits per heavy atom. The fourth-order valence-electron chi connectivity index (χ4n) is 2.15. The molecule has 0 saturated heterocycles. The first-order chi connectivity index (χ1) is 10.9. The van der Waals surface area contributed by atoms with Gasteiger partial charge < -0.3 is 4.98 Å². The number of non-ortho nitro benzene ring substituents is 1. The number of nitrogens with zero attached hydrogens (tertiary/aromatic N) is 1. The maximum absolute atomic E-state index is 12.9. The molecule has 3 aromatic rings. The van der Waals surface area contributed by atoms with E-state index in [2.05, 4.69) is 9.71 Å². The Kier molecular flexibility index (Phi) is 3.49. The average Bonchev–Trinajstić information content (AvgIpc) is 2.93. The minimum Gasteiger partial charge on any atom is -0.360 e. The molecule has 0 unspecified atom stereocenters. The summed E-state index contributed by atoms with van der Waals surface area (Å²) in [6, 6.07) is 8.71. The van der Waals surface area contributed by atoms with E-state index in [1.54, 1.807) is 0 Å². The van der Waals surface area contributed by atoms with Crippen molar-refractivity contribution in [3.8, 4) is 0 Å². The van der Waals surface area contributed by atoms with Crippen LogP contribution in [0.3, 0.4) is 0 Å². The van der Waals surface area contributed by atoms with E-state index in [0.717, 1.165) is 12.1 Å². The van der Waals surface area contributed by atoms with Gasteiger partial charge in [-0.3, -0.25) is 14.8 Å². The van der Waals surface area contributed by atoms with Crippen molar-refractivity contribution in [1.29, 1.82) is 0 Å². The number of nitrogens with one attached hydrogen (secondary N) is 2. The van der Waals surface area contributed by atoms with Gasteiger partial charge in [0, 0.05) is 34.9 Å². The second kappa shape index (κ2) is 5.36. The summed E-state index contributed by atoms with van der Waals surface area (Å²) >= 11 is 0.